The minimum Gasteiger partial charge on any atom is -0.493 e. The molecular weight excluding hydrogens is 499 g/mol. The number of fused-ring (bicyclic) bond motifs is 1. The van der Waals surface area contributed by atoms with Crippen molar-refractivity contribution in [2.24, 2.45) is 0 Å². The molecule has 186 valence electrons. The van der Waals surface area contributed by atoms with E-state index in [9.17, 15) is 17.6 Å². The molecule has 0 bridgehead atoms. The Hall–Kier alpha value is -3.18. The molecule has 9 nitrogen and oxygen atoms in total. The Labute approximate surface area is 207 Å². The van der Waals surface area contributed by atoms with Crippen molar-refractivity contribution in [2.45, 2.75) is 18.9 Å². The average molecular weight is 523 g/mol. The summed E-state index contributed by atoms with van der Waals surface area (Å²) in [7, 11) is -1.85. The van der Waals surface area contributed by atoms with Crippen LogP contribution in [0.4, 0.5) is 15.9 Å². The number of nitrogens with zero attached hydrogens (tertiary/aromatic N) is 3. The van der Waals surface area contributed by atoms with Gasteiger partial charge in [-0.3, -0.25) is 4.79 Å². The molecule has 1 aliphatic rings. The number of hydrogen-bond acceptors (Lipinski definition) is 8. The van der Waals surface area contributed by atoms with Gasteiger partial charge in [-0.25, -0.2) is 22.8 Å². The van der Waals surface area contributed by atoms with Gasteiger partial charge in [0.25, 0.3) is 0 Å². The zero-order chi connectivity index (χ0) is 25.2. The van der Waals surface area contributed by atoms with Crippen LogP contribution >= 0.6 is 11.6 Å². The number of sulfone groups is 1. The van der Waals surface area contributed by atoms with Gasteiger partial charge in [0.05, 0.1) is 17.6 Å². The van der Waals surface area contributed by atoms with Crippen LogP contribution in [0, 0.1) is 5.82 Å². The summed E-state index contributed by atoms with van der Waals surface area (Å²) in [5.74, 6) is 0.0357. The van der Waals surface area contributed by atoms with Crippen molar-refractivity contribution in [3.05, 3.63) is 47.5 Å². The van der Waals surface area contributed by atoms with Crippen molar-refractivity contribution < 1.29 is 27.1 Å². The standard InChI is InChI=1S/C23H24ClFN4O5S/c1-33-20-11-19-16(23(27-13-26-19)28-14-3-4-18(25)17(24)9-14)10-21(20)34-15-5-7-29(8-6-15)22(30)12-35(2,31)32/h3-4,9-11,13,15H,5-8,12H2,1-2H3,(H,26,27,28). The van der Waals surface area contributed by atoms with Gasteiger partial charge in [0.1, 0.15) is 29.8 Å². The molecule has 4 rings (SSSR count). The maximum atomic E-state index is 13.5. The van der Waals surface area contributed by atoms with Crippen LogP contribution in [0.1, 0.15) is 12.8 Å². The molecule has 0 saturated carbocycles. The number of piperidine rings is 1. The third kappa shape index (κ3) is 6.09. The van der Waals surface area contributed by atoms with Crippen molar-refractivity contribution in [3.8, 4) is 11.5 Å². The van der Waals surface area contributed by atoms with Crippen LogP contribution in [0.5, 0.6) is 11.5 Å². The molecule has 12 heteroatoms. The van der Waals surface area contributed by atoms with E-state index in [1.807, 2.05) is 0 Å². The molecule has 1 saturated heterocycles. The first kappa shape index (κ1) is 24.9. The lowest BCUT2D eigenvalue weighted by Crippen LogP contribution is -2.43. The first-order chi connectivity index (χ1) is 16.6. The Kier molecular flexibility index (Phi) is 7.27. The normalized spacial score (nSPS) is 14.7. The van der Waals surface area contributed by atoms with Crippen LogP contribution in [0.3, 0.4) is 0 Å². The van der Waals surface area contributed by atoms with Gasteiger partial charge in [-0.15, -0.1) is 0 Å². The molecule has 3 aromatic rings. The van der Waals surface area contributed by atoms with E-state index in [1.165, 1.54) is 25.6 Å². The quantitative estimate of drug-likeness (QED) is 0.501. The molecule has 0 atom stereocenters. The lowest BCUT2D eigenvalue weighted by Gasteiger charge is -2.32. The highest BCUT2D eigenvalue weighted by Crippen LogP contribution is 2.36. The van der Waals surface area contributed by atoms with E-state index in [0.29, 0.717) is 59.8 Å². The largest absolute Gasteiger partial charge is 0.493 e. The Balaban J connectivity index is 1.53. The van der Waals surface area contributed by atoms with Gasteiger partial charge in [-0.2, -0.15) is 0 Å². The fourth-order valence-electron chi connectivity index (χ4n) is 3.84. The number of amides is 1. The van der Waals surface area contributed by atoms with Crippen molar-refractivity contribution in [2.75, 3.05) is 37.5 Å². The number of rotatable bonds is 7. The number of carbonyl (C=O) groups excluding carboxylic acids is 1. The minimum absolute atomic E-state index is 0.0135. The summed E-state index contributed by atoms with van der Waals surface area (Å²) in [4.78, 5) is 22.3. The lowest BCUT2D eigenvalue weighted by molar-refractivity contribution is -0.130. The highest BCUT2D eigenvalue weighted by atomic mass is 35.5. The SMILES string of the molecule is COc1cc2ncnc(Nc3ccc(F)c(Cl)c3)c2cc1OC1CCN(C(=O)CS(C)(=O)=O)CC1. The van der Waals surface area contributed by atoms with E-state index in [2.05, 4.69) is 15.3 Å². The summed E-state index contributed by atoms with van der Waals surface area (Å²) >= 11 is 5.89. The fourth-order valence-corrected chi connectivity index (χ4v) is 4.66. The van der Waals surface area contributed by atoms with Crippen molar-refractivity contribution >= 4 is 49.8 Å². The predicted molar refractivity (Wildman–Crippen MR) is 131 cm³/mol. The fraction of sp³-hybridized carbons (Fsp3) is 0.348. The number of benzene rings is 2. The van der Waals surface area contributed by atoms with E-state index in [0.717, 1.165) is 6.26 Å². The molecule has 0 radical (unpaired) electrons. The second-order valence-corrected chi connectivity index (χ2v) is 10.8. The lowest BCUT2D eigenvalue weighted by atomic mass is 10.1. The monoisotopic (exact) mass is 522 g/mol. The van der Waals surface area contributed by atoms with Crippen LogP contribution in [0.15, 0.2) is 36.7 Å². The van der Waals surface area contributed by atoms with Crippen molar-refractivity contribution in [1.82, 2.24) is 14.9 Å². The molecule has 0 aliphatic carbocycles. The predicted octanol–water partition coefficient (Wildman–Crippen LogP) is 3.59. The molecular formula is C23H24ClFN4O5S. The number of aromatic nitrogens is 2. The molecule has 0 spiro atoms. The number of halogens is 2. The summed E-state index contributed by atoms with van der Waals surface area (Å²) in [6.45, 7) is 0.798. The molecule has 0 unspecified atom stereocenters. The first-order valence-electron chi connectivity index (χ1n) is 10.8. The van der Waals surface area contributed by atoms with Gasteiger partial charge in [-0.1, -0.05) is 11.6 Å². The minimum atomic E-state index is -3.38. The Morgan fingerprint density at radius 1 is 1.20 bits per heavy atom. The van der Waals surface area contributed by atoms with Gasteiger partial charge in [0.15, 0.2) is 21.3 Å². The molecule has 35 heavy (non-hydrogen) atoms. The van der Waals surface area contributed by atoms with Gasteiger partial charge in [0, 0.05) is 49.3 Å². The Bertz CT molecular complexity index is 1360. The number of likely N-dealkylation sites (tertiary alicyclic amines) is 1. The van der Waals surface area contributed by atoms with Crippen LogP contribution < -0.4 is 14.8 Å². The van der Waals surface area contributed by atoms with Crippen LogP contribution in [-0.2, 0) is 14.6 Å². The zero-order valence-corrected chi connectivity index (χ0v) is 20.7. The van der Waals surface area contributed by atoms with E-state index >= 15 is 0 Å². The number of nitrogens with one attached hydrogen (secondary N) is 1. The van der Waals surface area contributed by atoms with E-state index in [4.69, 9.17) is 21.1 Å². The summed E-state index contributed by atoms with van der Waals surface area (Å²) in [6.07, 6.45) is 3.34. The molecule has 1 amide bonds. The summed E-state index contributed by atoms with van der Waals surface area (Å²) in [5, 5.41) is 3.77. The Morgan fingerprint density at radius 2 is 1.94 bits per heavy atom. The van der Waals surface area contributed by atoms with E-state index < -0.39 is 27.3 Å². The highest BCUT2D eigenvalue weighted by Gasteiger charge is 2.26. The van der Waals surface area contributed by atoms with Gasteiger partial charge < -0.3 is 19.7 Å². The van der Waals surface area contributed by atoms with Crippen LogP contribution in [0.2, 0.25) is 5.02 Å². The topological polar surface area (TPSA) is 111 Å². The third-order valence-electron chi connectivity index (χ3n) is 5.58. The van der Waals surface area contributed by atoms with Gasteiger partial charge in [-0.05, 0) is 24.3 Å². The van der Waals surface area contributed by atoms with Crippen LogP contribution in [0.25, 0.3) is 10.9 Å². The maximum absolute atomic E-state index is 13.5. The summed E-state index contributed by atoms with van der Waals surface area (Å²) in [5.41, 5.74) is 1.17. The number of methoxy groups -OCH3 is 1. The smallest absolute Gasteiger partial charge is 0.237 e. The van der Waals surface area contributed by atoms with Crippen LogP contribution in [-0.4, -0.2) is 67.5 Å². The zero-order valence-electron chi connectivity index (χ0n) is 19.1. The Morgan fingerprint density at radius 3 is 2.60 bits per heavy atom. The summed E-state index contributed by atoms with van der Waals surface area (Å²) in [6, 6.07) is 7.78. The maximum Gasteiger partial charge on any atom is 0.237 e. The second kappa shape index (κ2) is 10.2. The number of ether oxygens (including phenoxy) is 2. The average Bonchev–Trinajstić information content (AvgIpc) is 2.81. The first-order valence-corrected chi connectivity index (χ1v) is 13.2. The van der Waals surface area contributed by atoms with E-state index in [-0.39, 0.29) is 11.1 Å². The van der Waals surface area contributed by atoms with E-state index in [1.54, 1.807) is 23.1 Å². The molecule has 1 N–H and O–H groups in total. The molecule has 2 aromatic carbocycles. The molecule has 1 aromatic heterocycles. The molecule has 1 aliphatic heterocycles. The number of carbonyl (C=O) groups is 1. The second-order valence-electron chi connectivity index (χ2n) is 8.26. The highest BCUT2D eigenvalue weighted by molar-refractivity contribution is 7.91. The van der Waals surface area contributed by atoms with Gasteiger partial charge >= 0.3 is 0 Å². The molecule has 1 fully saturated rings. The summed E-state index contributed by atoms with van der Waals surface area (Å²) < 4.78 is 48.1. The molecule has 2 heterocycles. The number of hydrogen-bond donors (Lipinski definition) is 1. The van der Waals surface area contributed by atoms with Crippen molar-refractivity contribution in [3.63, 3.8) is 0 Å². The van der Waals surface area contributed by atoms with Gasteiger partial charge in [0.2, 0.25) is 5.91 Å². The third-order valence-corrected chi connectivity index (χ3v) is 6.64. The number of anilines is 2. The van der Waals surface area contributed by atoms with Crippen molar-refractivity contribution in [1.29, 1.82) is 0 Å².